The number of amides is 1. The molecule has 0 aliphatic heterocycles. The molecule has 19 heavy (non-hydrogen) atoms. The fourth-order valence-corrected chi connectivity index (χ4v) is 1.70. The normalized spacial score (nSPS) is 13.7. The van der Waals surface area contributed by atoms with Gasteiger partial charge < -0.3 is 15.4 Å². The number of alkyl halides is 3. The minimum absolute atomic E-state index is 0.0440. The van der Waals surface area contributed by atoms with E-state index >= 15 is 0 Å². The number of halogens is 3. The van der Waals surface area contributed by atoms with Crippen LogP contribution in [0.25, 0.3) is 0 Å². The van der Waals surface area contributed by atoms with E-state index in [2.05, 4.69) is 0 Å². The molecule has 0 bridgehead atoms. The predicted octanol–water partition coefficient (Wildman–Crippen LogP) is 1.79. The van der Waals surface area contributed by atoms with Gasteiger partial charge in [-0.3, -0.25) is 4.79 Å². The maximum Gasteiger partial charge on any atom is 0.406 e. The van der Waals surface area contributed by atoms with Crippen molar-refractivity contribution in [1.29, 1.82) is 0 Å². The summed E-state index contributed by atoms with van der Waals surface area (Å²) in [5, 5.41) is 0. The Hall–Kier alpha value is -0.820. The van der Waals surface area contributed by atoms with E-state index in [1.165, 1.54) is 7.11 Å². The molecule has 0 radical (unpaired) electrons. The number of methoxy groups -OCH3 is 1. The van der Waals surface area contributed by atoms with Gasteiger partial charge in [0.05, 0.1) is 6.04 Å². The largest absolute Gasteiger partial charge is 0.406 e. The molecule has 0 aromatic rings. The standard InChI is InChI=1S/C12H23F3N2O2/c1-9(2)7-17(8-12(13,14)15)11(18)10(16)5-4-6-19-3/h9-10H,4-8,16H2,1-3H3. The molecule has 4 nitrogen and oxygen atoms in total. The molecule has 114 valence electrons. The molecule has 7 heteroatoms. The Labute approximate surface area is 112 Å². The summed E-state index contributed by atoms with van der Waals surface area (Å²) in [4.78, 5) is 12.7. The highest BCUT2D eigenvalue weighted by Crippen LogP contribution is 2.18. The molecule has 1 atom stereocenters. The number of hydrogen-bond donors (Lipinski definition) is 1. The quantitative estimate of drug-likeness (QED) is 0.691. The molecular weight excluding hydrogens is 261 g/mol. The van der Waals surface area contributed by atoms with Crippen LogP contribution in [0.15, 0.2) is 0 Å². The molecule has 0 saturated heterocycles. The molecule has 2 N–H and O–H groups in total. The molecule has 0 aliphatic carbocycles. The van der Waals surface area contributed by atoms with E-state index in [1.807, 2.05) is 0 Å². The third-order valence-corrected chi connectivity index (χ3v) is 2.45. The molecule has 0 aromatic heterocycles. The van der Waals surface area contributed by atoms with E-state index in [9.17, 15) is 18.0 Å². The molecule has 0 aromatic carbocycles. The van der Waals surface area contributed by atoms with E-state index in [1.54, 1.807) is 13.8 Å². The SMILES string of the molecule is COCCCC(N)C(=O)N(CC(C)C)CC(F)(F)F. The zero-order valence-corrected chi connectivity index (χ0v) is 11.7. The van der Waals surface area contributed by atoms with Gasteiger partial charge in [-0.1, -0.05) is 13.8 Å². The van der Waals surface area contributed by atoms with Gasteiger partial charge in [0, 0.05) is 20.3 Å². The zero-order chi connectivity index (χ0) is 15.1. The Bertz CT molecular complexity index is 270. The van der Waals surface area contributed by atoms with Crippen molar-refractivity contribution in [3.63, 3.8) is 0 Å². The highest BCUT2D eigenvalue weighted by molar-refractivity contribution is 5.81. The second-order valence-corrected chi connectivity index (χ2v) is 4.97. The van der Waals surface area contributed by atoms with Crippen LogP contribution >= 0.6 is 0 Å². The van der Waals surface area contributed by atoms with Crippen LogP contribution in [-0.4, -0.2) is 49.8 Å². The lowest BCUT2D eigenvalue weighted by Gasteiger charge is -2.28. The van der Waals surface area contributed by atoms with Gasteiger partial charge in [0.15, 0.2) is 0 Å². The first-order valence-corrected chi connectivity index (χ1v) is 6.27. The summed E-state index contributed by atoms with van der Waals surface area (Å²) in [6.07, 6.45) is -3.54. The van der Waals surface area contributed by atoms with Gasteiger partial charge in [-0.05, 0) is 18.8 Å². The highest BCUT2D eigenvalue weighted by atomic mass is 19.4. The molecule has 1 amide bonds. The summed E-state index contributed by atoms with van der Waals surface area (Å²) < 4.78 is 42.1. The number of nitrogens with zero attached hydrogens (tertiary/aromatic N) is 1. The maximum absolute atomic E-state index is 12.4. The summed E-state index contributed by atoms with van der Waals surface area (Å²) in [6.45, 7) is 2.75. The van der Waals surface area contributed by atoms with Crippen molar-refractivity contribution in [2.75, 3.05) is 26.8 Å². The summed E-state index contributed by atoms with van der Waals surface area (Å²) in [6, 6.07) is -0.906. The molecule has 1 unspecified atom stereocenters. The third-order valence-electron chi connectivity index (χ3n) is 2.45. The Kier molecular flexibility index (Phi) is 8.01. The van der Waals surface area contributed by atoms with Gasteiger partial charge in [-0.2, -0.15) is 13.2 Å². The minimum Gasteiger partial charge on any atom is -0.385 e. The van der Waals surface area contributed by atoms with Crippen LogP contribution in [0.5, 0.6) is 0 Å². The number of ether oxygens (including phenoxy) is 1. The fraction of sp³-hybridized carbons (Fsp3) is 0.917. The van der Waals surface area contributed by atoms with Gasteiger partial charge in [0.2, 0.25) is 5.91 Å². The monoisotopic (exact) mass is 284 g/mol. The van der Waals surface area contributed by atoms with E-state index in [0.29, 0.717) is 19.4 Å². The number of nitrogens with two attached hydrogens (primary N) is 1. The molecule has 0 saturated carbocycles. The van der Waals surface area contributed by atoms with Crippen molar-refractivity contribution in [2.24, 2.45) is 11.7 Å². The smallest absolute Gasteiger partial charge is 0.385 e. The summed E-state index contributed by atoms with van der Waals surface area (Å²) in [7, 11) is 1.52. The van der Waals surface area contributed by atoms with Crippen LogP contribution in [0, 0.1) is 5.92 Å². The maximum atomic E-state index is 12.4. The number of carbonyl (C=O) groups excluding carboxylic acids is 1. The summed E-state index contributed by atoms with van der Waals surface area (Å²) >= 11 is 0. The second-order valence-electron chi connectivity index (χ2n) is 4.97. The van der Waals surface area contributed by atoms with Gasteiger partial charge in [-0.25, -0.2) is 0 Å². The van der Waals surface area contributed by atoms with E-state index < -0.39 is 24.7 Å². The molecule has 0 heterocycles. The molecule has 0 rings (SSSR count). The molecule has 0 fully saturated rings. The first-order valence-electron chi connectivity index (χ1n) is 6.27. The van der Waals surface area contributed by atoms with Crippen molar-refractivity contribution in [1.82, 2.24) is 4.90 Å². The van der Waals surface area contributed by atoms with E-state index in [0.717, 1.165) is 4.90 Å². The molecule has 0 aliphatic rings. The van der Waals surface area contributed by atoms with Crippen LogP contribution in [0.4, 0.5) is 13.2 Å². The predicted molar refractivity (Wildman–Crippen MR) is 66.6 cm³/mol. The summed E-state index contributed by atoms with van der Waals surface area (Å²) in [5.74, 6) is -0.695. The Balaban J connectivity index is 4.52. The van der Waals surface area contributed by atoms with Gasteiger partial charge in [0.25, 0.3) is 0 Å². The Morgan fingerprint density at radius 2 is 1.95 bits per heavy atom. The second kappa shape index (κ2) is 8.37. The van der Waals surface area contributed by atoms with Crippen molar-refractivity contribution in [3.05, 3.63) is 0 Å². The van der Waals surface area contributed by atoms with Crippen LogP contribution in [0.3, 0.4) is 0 Å². The number of carbonyl (C=O) groups is 1. The van der Waals surface area contributed by atoms with Gasteiger partial charge in [0.1, 0.15) is 6.54 Å². The lowest BCUT2D eigenvalue weighted by atomic mass is 10.1. The highest BCUT2D eigenvalue weighted by Gasteiger charge is 2.34. The molecular formula is C12H23F3N2O2. The van der Waals surface area contributed by atoms with Crippen molar-refractivity contribution in [3.8, 4) is 0 Å². The van der Waals surface area contributed by atoms with Gasteiger partial charge >= 0.3 is 6.18 Å². The molecule has 0 spiro atoms. The number of hydrogen-bond acceptors (Lipinski definition) is 3. The van der Waals surface area contributed by atoms with Crippen molar-refractivity contribution in [2.45, 2.75) is 38.9 Å². The lowest BCUT2D eigenvalue weighted by Crippen LogP contribution is -2.48. The Morgan fingerprint density at radius 1 is 1.37 bits per heavy atom. The average molecular weight is 284 g/mol. The van der Waals surface area contributed by atoms with Crippen molar-refractivity contribution < 1.29 is 22.7 Å². The first kappa shape index (κ1) is 18.2. The van der Waals surface area contributed by atoms with E-state index in [-0.39, 0.29) is 12.5 Å². The minimum atomic E-state index is -4.41. The van der Waals surface area contributed by atoms with Crippen LogP contribution in [0.1, 0.15) is 26.7 Å². The van der Waals surface area contributed by atoms with Crippen LogP contribution in [0.2, 0.25) is 0 Å². The lowest BCUT2D eigenvalue weighted by molar-refractivity contribution is -0.163. The van der Waals surface area contributed by atoms with Crippen molar-refractivity contribution >= 4 is 5.91 Å². The average Bonchev–Trinajstić information content (AvgIpc) is 2.24. The van der Waals surface area contributed by atoms with E-state index in [4.69, 9.17) is 10.5 Å². The fourth-order valence-electron chi connectivity index (χ4n) is 1.70. The van der Waals surface area contributed by atoms with Crippen LogP contribution in [-0.2, 0) is 9.53 Å². The first-order chi connectivity index (χ1) is 8.67. The van der Waals surface area contributed by atoms with Crippen LogP contribution < -0.4 is 5.73 Å². The number of rotatable bonds is 8. The Morgan fingerprint density at radius 3 is 2.37 bits per heavy atom. The van der Waals surface area contributed by atoms with Gasteiger partial charge in [-0.15, -0.1) is 0 Å². The zero-order valence-electron chi connectivity index (χ0n) is 11.7. The summed E-state index contributed by atoms with van der Waals surface area (Å²) in [5.41, 5.74) is 5.64. The topological polar surface area (TPSA) is 55.6 Å². The third kappa shape index (κ3) is 8.83.